The summed E-state index contributed by atoms with van der Waals surface area (Å²) in [5.41, 5.74) is 2.99. The van der Waals surface area contributed by atoms with Gasteiger partial charge in [0.15, 0.2) is 0 Å². The molecule has 2 N–H and O–H groups in total. The Labute approximate surface area is 179 Å². The first-order valence-electron chi connectivity index (χ1n) is 11.4. The summed E-state index contributed by atoms with van der Waals surface area (Å²) >= 11 is 0. The fourth-order valence-corrected chi connectivity index (χ4v) is 4.63. The van der Waals surface area contributed by atoms with Crippen LogP contribution in [0.5, 0.6) is 0 Å². The zero-order valence-corrected chi connectivity index (χ0v) is 18.7. The van der Waals surface area contributed by atoms with Crippen molar-refractivity contribution in [1.82, 2.24) is 15.5 Å². The maximum atomic E-state index is 12.8. The molecular formula is C24H35N3O3. The van der Waals surface area contributed by atoms with Gasteiger partial charge in [0.2, 0.25) is 11.8 Å². The molecule has 2 fully saturated rings. The first-order chi connectivity index (χ1) is 14.3. The third-order valence-electron chi connectivity index (χ3n) is 6.69. The van der Waals surface area contributed by atoms with Crippen LogP contribution < -0.4 is 10.6 Å². The van der Waals surface area contributed by atoms with Gasteiger partial charge >= 0.3 is 0 Å². The van der Waals surface area contributed by atoms with Crippen LogP contribution in [-0.4, -0.2) is 34.2 Å². The summed E-state index contributed by atoms with van der Waals surface area (Å²) in [5, 5.41) is 6.07. The third kappa shape index (κ3) is 4.75. The van der Waals surface area contributed by atoms with Crippen molar-refractivity contribution in [2.45, 2.75) is 90.9 Å². The highest BCUT2D eigenvalue weighted by atomic mass is 16.2. The number of imide groups is 1. The Morgan fingerprint density at radius 3 is 2.50 bits per heavy atom. The molecular weight excluding hydrogens is 378 g/mol. The van der Waals surface area contributed by atoms with E-state index in [2.05, 4.69) is 30.5 Å². The molecule has 0 aromatic heterocycles. The molecule has 2 aliphatic heterocycles. The van der Waals surface area contributed by atoms with Crippen LogP contribution in [0.2, 0.25) is 0 Å². The van der Waals surface area contributed by atoms with Gasteiger partial charge in [-0.3, -0.25) is 19.7 Å². The number of nitrogens with one attached hydrogen (secondary N) is 2. The monoisotopic (exact) mass is 413 g/mol. The van der Waals surface area contributed by atoms with E-state index in [1.54, 1.807) is 4.90 Å². The maximum Gasteiger partial charge on any atom is 0.255 e. The lowest BCUT2D eigenvalue weighted by Crippen LogP contribution is -2.52. The minimum atomic E-state index is -0.553. The molecule has 6 nitrogen and oxygen atoms in total. The van der Waals surface area contributed by atoms with E-state index >= 15 is 0 Å². The van der Waals surface area contributed by atoms with Gasteiger partial charge in [-0.15, -0.1) is 0 Å². The van der Waals surface area contributed by atoms with E-state index in [9.17, 15) is 14.4 Å². The normalized spacial score (nSPS) is 28.5. The predicted molar refractivity (Wildman–Crippen MR) is 117 cm³/mol. The Morgan fingerprint density at radius 1 is 1.13 bits per heavy atom. The van der Waals surface area contributed by atoms with Gasteiger partial charge < -0.3 is 10.2 Å². The van der Waals surface area contributed by atoms with Crippen molar-refractivity contribution in [2.24, 2.45) is 5.92 Å². The molecule has 1 aromatic rings. The quantitative estimate of drug-likeness (QED) is 0.740. The Morgan fingerprint density at radius 2 is 1.83 bits per heavy atom. The van der Waals surface area contributed by atoms with Crippen LogP contribution in [0.1, 0.15) is 87.7 Å². The highest BCUT2D eigenvalue weighted by Crippen LogP contribution is 2.32. The number of carbonyl (C=O) groups is 3. The third-order valence-corrected chi connectivity index (χ3v) is 6.69. The van der Waals surface area contributed by atoms with Gasteiger partial charge in [-0.2, -0.15) is 0 Å². The van der Waals surface area contributed by atoms with Crippen LogP contribution in [-0.2, 0) is 22.7 Å². The number of benzene rings is 1. The zero-order chi connectivity index (χ0) is 21.9. The van der Waals surface area contributed by atoms with Crippen molar-refractivity contribution < 1.29 is 14.4 Å². The van der Waals surface area contributed by atoms with Crippen molar-refractivity contribution in [2.75, 3.05) is 0 Å². The van der Waals surface area contributed by atoms with Crippen molar-refractivity contribution >= 4 is 17.7 Å². The first-order valence-corrected chi connectivity index (χ1v) is 11.4. The predicted octanol–water partition coefficient (Wildman–Crippen LogP) is 3.53. The van der Waals surface area contributed by atoms with Crippen LogP contribution in [0.4, 0.5) is 0 Å². The molecule has 3 aliphatic rings. The van der Waals surface area contributed by atoms with Crippen LogP contribution >= 0.6 is 0 Å². The number of amides is 3. The number of rotatable bonds is 4. The van der Waals surface area contributed by atoms with Crippen molar-refractivity contribution in [3.63, 3.8) is 0 Å². The molecule has 1 atom stereocenters. The molecule has 6 heteroatoms. The molecule has 0 bridgehead atoms. The fourth-order valence-electron chi connectivity index (χ4n) is 4.63. The Bertz CT molecular complexity index is 812. The summed E-state index contributed by atoms with van der Waals surface area (Å²) in [6.07, 6.45) is 5.60. The summed E-state index contributed by atoms with van der Waals surface area (Å²) in [7, 11) is 0. The number of piperidine rings is 1. The number of hydrogen-bond donors (Lipinski definition) is 2. The average Bonchev–Trinajstić information content (AvgIpc) is 3.06. The minimum absolute atomic E-state index is 0.114. The van der Waals surface area contributed by atoms with Gasteiger partial charge in [-0.1, -0.05) is 32.9 Å². The molecule has 1 unspecified atom stereocenters. The van der Waals surface area contributed by atoms with Gasteiger partial charge in [0.1, 0.15) is 6.04 Å². The summed E-state index contributed by atoms with van der Waals surface area (Å²) in [4.78, 5) is 37.9. The average molecular weight is 414 g/mol. The highest BCUT2D eigenvalue weighted by Gasteiger charge is 2.39. The van der Waals surface area contributed by atoms with Gasteiger partial charge in [0, 0.05) is 30.6 Å². The number of carbonyl (C=O) groups excluding carboxylic acids is 3. The van der Waals surface area contributed by atoms with Gasteiger partial charge in [-0.25, -0.2) is 0 Å². The van der Waals surface area contributed by atoms with E-state index in [-0.39, 0.29) is 29.7 Å². The summed E-state index contributed by atoms with van der Waals surface area (Å²) < 4.78 is 0. The van der Waals surface area contributed by atoms with Crippen molar-refractivity contribution in [3.05, 3.63) is 34.9 Å². The molecule has 1 aromatic carbocycles. The van der Waals surface area contributed by atoms with E-state index in [1.807, 2.05) is 26.0 Å². The van der Waals surface area contributed by atoms with E-state index in [0.29, 0.717) is 18.5 Å². The molecule has 2 heterocycles. The number of fused-ring (bicyclic) bond motifs is 1. The van der Waals surface area contributed by atoms with Crippen molar-refractivity contribution in [3.8, 4) is 0 Å². The molecule has 4 rings (SSSR count). The van der Waals surface area contributed by atoms with Gasteiger partial charge in [-0.05, 0) is 62.1 Å². The largest absolute Gasteiger partial charge is 0.322 e. The summed E-state index contributed by atoms with van der Waals surface area (Å²) in [6.45, 7) is 9.85. The molecule has 0 spiro atoms. The second-order valence-electron chi connectivity index (χ2n) is 8.99. The van der Waals surface area contributed by atoms with Gasteiger partial charge in [0.05, 0.1) is 0 Å². The van der Waals surface area contributed by atoms with E-state index < -0.39 is 6.04 Å². The lowest BCUT2D eigenvalue weighted by molar-refractivity contribution is -0.136. The SMILES string of the molecule is CC.CC1CCC(C)(NCc2ccc3c(c2)CN(C2CCC(=O)NC2=O)C3=O)CC1. The second-order valence-corrected chi connectivity index (χ2v) is 8.99. The maximum absolute atomic E-state index is 12.8. The Hall–Kier alpha value is -2.21. The number of hydrogen-bond acceptors (Lipinski definition) is 4. The molecule has 0 radical (unpaired) electrons. The molecule has 30 heavy (non-hydrogen) atoms. The number of nitrogens with zero attached hydrogens (tertiary/aromatic N) is 1. The lowest BCUT2D eigenvalue weighted by Gasteiger charge is -2.37. The Kier molecular flexibility index (Phi) is 6.96. The Balaban J connectivity index is 0.00000124. The topological polar surface area (TPSA) is 78.5 Å². The lowest BCUT2D eigenvalue weighted by atomic mass is 9.78. The van der Waals surface area contributed by atoms with Crippen LogP contribution in [0.25, 0.3) is 0 Å². The zero-order valence-electron chi connectivity index (χ0n) is 18.7. The van der Waals surface area contributed by atoms with Crippen LogP contribution in [0, 0.1) is 5.92 Å². The molecule has 164 valence electrons. The molecule has 1 aliphatic carbocycles. The van der Waals surface area contributed by atoms with E-state index in [0.717, 1.165) is 23.6 Å². The van der Waals surface area contributed by atoms with E-state index in [4.69, 9.17) is 0 Å². The highest BCUT2D eigenvalue weighted by molar-refractivity contribution is 6.05. The molecule has 1 saturated carbocycles. The summed E-state index contributed by atoms with van der Waals surface area (Å²) in [6, 6.07) is 5.42. The van der Waals surface area contributed by atoms with Crippen LogP contribution in [0.15, 0.2) is 18.2 Å². The van der Waals surface area contributed by atoms with Gasteiger partial charge in [0.25, 0.3) is 5.91 Å². The van der Waals surface area contributed by atoms with Crippen molar-refractivity contribution in [1.29, 1.82) is 0 Å². The second kappa shape index (κ2) is 9.29. The smallest absolute Gasteiger partial charge is 0.255 e. The fraction of sp³-hybridized carbons (Fsp3) is 0.625. The summed E-state index contributed by atoms with van der Waals surface area (Å²) in [5.74, 6) is 0.0829. The van der Waals surface area contributed by atoms with Crippen LogP contribution in [0.3, 0.4) is 0 Å². The van der Waals surface area contributed by atoms with E-state index in [1.165, 1.54) is 25.7 Å². The minimum Gasteiger partial charge on any atom is -0.322 e. The molecule has 3 amide bonds. The standard InChI is InChI=1S/C22H29N3O3.C2H6/c1-14-7-9-22(2,10-8-14)23-12-15-3-4-17-16(11-15)13-25(21(17)28)18-5-6-19(26)24-20(18)27;1-2/h3-4,11,14,18,23H,5-10,12-13H2,1-2H3,(H,24,26,27);1-2H3. The molecule has 1 saturated heterocycles. The first kappa shape index (κ1) is 22.5.